The maximum atomic E-state index is 11.9. The van der Waals surface area contributed by atoms with Crippen molar-refractivity contribution < 1.29 is 9.53 Å². The van der Waals surface area contributed by atoms with Crippen LogP contribution in [0.15, 0.2) is 36.9 Å². The van der Waals surface area contributed by atoms with E-state index in [1.807, 2.05) is 24.3 Å². The molecular weight excluding hydrogens is 228 g/mol. The Bertz CT molecular complexity index is 391. The SMILES string of the molecule is C=CCCOCCNC(=O)c1ccccc1NC. The predicted molar refractivity (Wildman–Crippen MR) is 74.0 cm³/mol. The summed E-state index contributed by atoms with van der Waals surface area (Å²) in [6.45, 7) is 5.28. The second kappa shape index (κ2) is 8.31. The summed E-state index contributed by atoms with van der Waals surface area (Å²) in [7, 11) is 1.80. The van der Waals surface area contributed by atoms with Crippen LogP contribution in [0.5, 0.6) is 0 Å². The van der Waals surface area contributed by atoms with Crippen molar-refractivity contribution >= 4 is 11.6 Å². The number of carbonyl (C=O) groups is 1. The molecule has 0 saturated heterocycles. The van der Waals surface area contributed by atoms with E-state index in [4.69, 9.17) is 4.74 Å². The van der Waals surface area contributed by atoms with Crippen LogP contribution in [0.2, 0.25) is 0 Å². The van der Waals surface area contributed by atoms with Gasteiger partial charge in [0.25, 0.3) is 5.91 Å². The van der Waals surface area contributed by atoms with E-state index >= 15 is 0 Å². The first kappa shape index (κ1) is 14.3. The van der Waals surface area contributed by atoms with Crippen molar-refractivity contribution in [2.45, 2.75) is 6.42 Å². The topological polar surface area (TPSA) is 50.4 Å². The highest BCUT2D eigenvalue weighted by molar-refractivity contribution is 5.99. The molecule has 18 heavy (non-hydrogen) atoms. The van der Waals surface area contributed by atoms with Gasteiger partial charge in [0.05, 0.1) is 18.8 Å². The molecule has 0 unspecified atom stereocenters. The van der Waals surface area contributed by atoms with Crippen molar-refractivity contribution in [1.82, 2.24) is 5.32 Å². The lowest BCUT2D eigenvalue weighted by molar-refractivity contribution is 0.0918. The maximum Gasteiger partial charge on any atom is 0.253 e. The van der Waals surface area contributed by atoms with Gasteiger partial charge in [-0.25, -0.2) is 0 Å². The minimum absolute atomic E-state index is 0.0905. The average Bonchev–Trinajstić information content (AvgIpc) is 2.42. The zero-order chi connectivity index (χ0) is 13.2. The molecule has 1 amide bonds. The first-order chi connectivity index (χ1) is 8.79. The number of para-hydroxylation sites is 1. The highest BCUT2D eigenvalue weighted by Crippen LogP contribution is 2.13. The van der Waals surface area contributed by atoms with E-state index in [-0.39, 0.29) is 5.91 Å². The van der Waals surface area contributed by atoms with Gasteiger partial charge in [-0.3, -0.25) is 4.79 Å². The Kier molecular flexibility index (Phi) is 6.58. The number of amides is 1. The number of anilines is 1. The highest BCUT2D eigenvalue weighted by Gasteiger charge is 2.08. The molecule has 0 fully saturated rings. The fraction of sp³-hybridized carbons (Fsp3) is 0.357. The molecule has 1 aromatic rings. The molecule has 0 aromatic heterocycles. The molecule has 0 aliphatic rings. The first-order valence-electron chi connectivity index (χ1n) is 6.03. The van der Waals surface area contributed by atoms with Crippen LogP contribution in [0.1, 0.15) is 16.8 Å². The van der Waals surface area contributed by atoms with E-state index in [0.717, 1.165) is 12.1 Å². The quantitative estimate of drug-likeness (QED) is 0.547. The van der Waals surface area contributed by atoms with Gasteiger partial charge in [0, 0.05) is 19.3 Å². The molecule has 0 heterocycles. The number of nitrogens with one attached hydrogen (secondary N) is 2. The smallest absolute Gasteiger partial charge is 0.253 e. The highest BCUT2D eigenvalue weighted by atomic mass is 16.5. The molecule has 1 rings (SSSR count). The third-order valence-electron chi connectivity index (χ3n) is 2.44. The number of hydrogen-bond donors (Lipinski definition) is 2. The van der Waals surface area contributed by atoms with Gasteiger partial charge in [-0.1, -0.05) is 18.2 Å². The summed E-state index contributed by atoms with van der Waals surface area (Å²) >= 11 is 0. The second-order valence-electron chi connectivity index (χ2n) is 3.74. The maximum absolute atomic E-state index is 11.9. The van der Waals surface area contributed by atoms with E-state index < -0.39 is 0 Å². The lowest BCUT2D eigenvalue weighted by Crippen LogP contribution is -2.27. The van der Waals surface area contributed by atoms with Crippen molar-refractivity contribution in [3.63, 3.8) is 0 Å². The van der Waals surface area contributed by atoms with Gasteiger partial charge in [-0.15, -0.1) is 6.58 Å². The van der Waals surface area contributed by atoms with Crippen molar-refractivity contribution in [1.29, 1.82) is 0 Å². The van der Waals surface area contributed by atoms with Crippen LogP contribution in [0, 0.1) is 0 Å². The standard InChI is InChI=1S/C14H20N2O2/c1-3-4-10-18-11-9-16-14(17)12-7-5-6-8-13(12)15-2/h3,5-8,15H,1,4,9-11H2,2H3,(H,16,17). The Morgan fingerprint density at radius 3 is 2.89 bits per heavy atom. The van der Waals surface area contributed by atoms with Crippen molar-refractivity contribution in [3.05, 3.63) is 42.5 Å². The van der Waals surface area contributed by atoms with E-state index in [2.05, 4.69) is 17.2 Å². The number of benzene rings is 1. The Labute approximate surface area is 108 Å². The summed E-state index contributed by atoms with van der Waals surface area (Å²) in [5, 5.41) is 5.81. The summed E-state index contributed by atoms with van der Waals surface area (Å²) in [6.07, 6.45) is 2.64. The number of rotatable bonds is 8. The molecular formula is C14H20N2O2. The molecule has 0 atom stereocenters. The summed E-state index contributed by atoms with van der Waals surface area (Å²) in [4.78, 5) is 11.9. The molecule has 2 N–H and O–H groups in total. The Balaban J connectivity index is 2.34. The van der Waals surface area contributed by atoms with E-state index in [0.29, 0.717) is 25.3 Å². The molecule has 4 nitrogen and oxygen atoms in total. The fourth-order valence-corrected chi connectivity index (χ4v) is 1.50. The second-order valence-corrected chi connectivity index (χ2v) is 3.74. The van der Waals surface area contributed by atoms with Gasteiger partial charge in [-0.2, -0.15) is 0 Å². The lowest BCUT2D eigenvalue weighted by atomic mass is 10.1. The molecule has 0 saturated carbocycles. The van der Waals surface area contributed by atoms with E-state index in [1.165, 1.54) is 0 Å². The van der Waals surface area contributed by atoms with Gasteiger partial charge in [0.15, 0.2) is 0 Å². The van der Waals surface area contributed by atoms with Crippen LogP contribution in [0.3, 0.4) is 0 Å². The van der Waals surface area contributed by atoms with Crippen molar-refractivity contribution in [3.8, 4) is 0 Å². The zero-order valence-electron chi connectivity index (χ0n) is 10.7. The molecule has 0 radical (unpaired) electrons. The van der Waals surface area contributed by atoms with Crippen LogP contribution in [-0.4, -0.2) is 32.7 Å². The molecule has 0 bridgehead atoms. The normalized spacial score (nSPS) is 9.83. The van der Waals surface area contributed by atoms with E-state index in [9.17, 15) is 4.79 Å². The van der Waals surface area contributed by atoms with Crippen LogP contribution >= 0.6 is 0 Å². The van der Waals surface area contributed by atoms with Gasteiger partial charge < -0.3 is 15.4 Å². The average molecular weight is 248 g/mol. The van der Waals surface area contributed by atoms with Crippen LogP contribution in [-0.2, 0) is 4.74 Å². The number of ether oxygens (including phenoxy) is 1. The molecule has 4 heteroatoms. The van der Waals surface area contributed by atoms with Gasteiger partial charge in [-0.05, 0) is 18.6 Å². The summed E-state index contributed by atoms with van der Waals surface area (Å²) in [5.41, 5.74) is 1.47. The summed E-state index contributed by atoms with van der Waals surface area (Å²) < 4.78 is 5.32. The van der Waals surface area contributed by atoms with Crippen LogP contribution in [0.4, 0.5) is 5.69 Å². The molecule has 0 spiro atoms. The minimum Gasteiger partial charge on any atom is -0.387 e. The predicted octanol–water partition coefficient (Wildman–Crippen LogP) is 2.05. The molecule has 98 valence electrons. The summed E-state index contributed by atoms with van der Waals surface area (Å²) in [6, 6.07) is 7.40. The third-order valence-corrected chi connectivity index (χ3v) is 2.44. The third kappa shape index (κ3) is 4.59. The number of hydrogen-bond acceptors (Lipinski definition) is 3. The van der Waals surface area contributed by atoms with Crippen LogP contribution in [0.25, 0.3) is 0 Å². The fourth-order valence-electron chi connectivity index (χ4n) is 1.50. The minimum atomic E-state index is -0.0905. The van der Waals surface area contributed by atoms with Crippen molar-refractivity contribution in [2.75, 3.05) is 32.1 Å². The monoisotopic (exact) mass is 248 g/mol. The Morgan fingerprint density at radius 2 is 2.17 bits per heavy atom. The largest absolute Gasteiger partial charge is 0.387 e. The van der Waals surface area contributed by atoms with Gasteiger partial charge in [0.2, 0.25) is 0 Å². The van der Waals surface area contributed by atoms with Crippen molar-refractivity contribution in [2.24, 2.45) is 0 Å². The molecule has 1 aromatic carbocycles. The number of carbonyl (C=O) groups excluding carboxylic acids is 1. The molecule has 0 aliphatic carbocycles. The zero-order valence-corrected chi connectivity index (χ0v) is 10.7. The molecule has 0 aliphatic heterocycles. The Hall–Kier alpha value is -1.81. The Morgan fingerprint density at radius 1 is 1.39 bits per heavy atom. The first-order valence-corrected chi connectivity index (χ1v) is 6.03. The lowest BCUT2D eigenvalue weighted by Gasteiger charge is -2.09. The van der Waals surface area contributed by atoms with Gasteiger partial charge in [0.1, 0.15) is 0 Å². The van der Waals surface area contributed by atoms with Crippen LogP contribution < -0.4 is 10.6 Å². The van der Waals surface area contributed by atoms with E-state index in [1.54, 1.807) is 13.1 Å². The summed E-state index contributed by atoms with van der Waals surface area (Å²) in [5.74, 6) is -0.0905. The van der Waals surface area contributed by atoms with Gasteiger partial charge >= 0.3 is 0 Å².